The summed E-state index contributed by atoms with van der Waals surface area (Å²) >= 11 is 0. The minimum absolute atomic E-state index is 0.870. The molecule has 6 rings (SSSR count). The minimum Gasteiger partial charge on any atom is -0.265 e. The van der Waals surface area contributed by atoms with Gasteiger partial charge in [-0.3, -0.25) is 4.98 Å². The van der Waals surface area contributed by atoms with Crippen molar-refractivity contribution in [1.82, 2.24) is 19.7 Å². The number of hydrogen-bond donors (Lipinski definition) is 0. The molecule has 0 radical (unpaired) electrons. The van der Waals surface area contributed by atoms with Crippen molar-refractivity contribution >= 4 is 32.7 Å². The lowest BCUT2D eigenvalue weighted by Crippen LogP contribution is -1.98. The summed E-state index contributed by atoms with van der Waals surface area (Å²) in [6, 6.07) is 27.1. The van der Waals surface area contributed by atoms with Gasteiger partial charge in [-0.25, -0.2) is 9.67 Å². The maximum Gasteiger partial charge on any atom is 0.164 e. The summed E-state index contributed by atoms with van der Waals surface area (Å²) in [7, 11) is 0. The van der Waals surface area contributed by atoms with E-state index in [1.165, 1.54) is 5.39 Å². The van der Waals surface area contributed by atoms with E-state index in [0.717, 1.165) is 49.8 Å². The monoisotopic (exact) mass is 386 g/mol. The zero-order chi connectivity index (χ0) is 20.1. The van der Waals surface area contributed by atoms with E-state index in [1.54, 1.807) is 0 Å². The fraction of sp³-hybridized carbons (Fsp3) is 0.0385. The standard InChI is InChI=1S/C26H18N4/c1-17-23-24(19-13-15-27-16-14-19)22-12-11-18-7-5-6-10-21(18)25(22)28-26(23)30(29-17)20-8-3-2-4-9-20/h2-16H,1H3. The number of para-hydroxylation sites is 1. The molecular weight excluding hydrogens is 368 g/mol. The lowest BCUT2D eigenvalue weighted by atomic mass is 9.95. The number of benzene rings is 3. The number of aromatic nitrogens is 4. The van der Waals surface area contributed by atoms with Gasteiger partial charge in [0.05, 0.1) is 22.3 Å². The van der Waals surface area contributed by atoms with Crippen LogP contribution in [0, 0.1) is 6.92 Å². The lowest BCUT2D eigenvalue weighted by molar-refractivity contribution is 0.879. The number of rotatable bonds is 2. The number of hydrogen-bond acceptors (Lipinski definition) is 3. The molecule has 0 saturated carbocycles. The van der Waals surface area contributed by atoms with Gasteiger partial charge in [-0.15, -0.1) is 0 Å². The summed E-state index contributed by atoms with van der Waals surface area (Å²) in [4.78, 5) is 9.39. The molecule has 0 atom stereocenters. The van der Waals surface area contributed by atoms with Crippen LogP contribution in [0.1, 0.15) is 5.69 Å². The van der Waals surface area contributed by atoms with E-state index in [4.69, 9.17) is 10.1 Å². The second-order valence-corrected chi connectivity index (χ2v) is 7.44. The minimum atomic E-state index is 0.870. The van der Waals surface area contributed by atoms with E-state index in [0.29, 0.717) is 0 Å². The number of pyridine rings is 2. The van der Waals surface area contributed by atoms with Crippen molar-refractivity contribution in [3.8, 4) is 16.8 Å². The molecule has 30 heavy (non-hydrogen) atoms. The summed E-state index contributed by atoms with van der Waals surface area (Å²) in [5.41, 5.74) is 6.10. The smallest absolute Gasteiger partial charge is 0.164 e. The Kier molecular flexibility index (Phi) is 3.65. The normalized spacial score (nSPS) is 11.5. The Morgan fingerprint density at radius 3 is 2.33 bits per heavy atom. The molecule has 0 amide bonds. The Morgan fingerprint density at radius 1 is 0.733 bits per heavy atom. The lowest BCUT2D eigenvalue weighted by Gasteiger charge is -2.12. The average molecular weight is 386 g/mol. The maximum absolute atomic E-state index is 5.17. The molecule has 0 unspecified atom stereocenters. The van der Waals surface area contributed by atoms with Crippen molar-refractivity contribution in [2.24, 2.45) is 0 Å². The molecular formula is C26H18N4. The molecule has 3 heterocycles. The summed E-state index contributed by atoms with van der Waals surface area (Å²) in [5.74, 6) is 0. The molecule has 0 spiro atoms. The van der Waals surface area contributed by atoms with Gasteiger partial charge in [-0.1, -0.05) is 54.6 Å². The molecule has 3 aromatic carbocycles. The highest BCUT2D eigenvalue weighted by Gasteiger charge is 2.20. The third kappa shape index (κ3) is 2.44. The largest absolute Gasteiger partial charge is 0.265 e. The molecule has 142 valence electrons. The Balaban J connectivity index is 1.85. The topological polar surface area (TPSA) is 43.6 Å². The molecule has 0 bridgehead atoms. The van der Waals surface area contributed by atoms with Crippen LogP contribution in [-0.2, 0) is 0 Å². The Bertz CT molecular complexity index is 1530. The van der Waals surface area contributed by atoms with Crippen molar-refractivity contribution < 1.29 is 0 Å². The molecule has 0 N–H and O–H groups in total. The maximum atomic E-state index is 5.17. The van der Waals surface area contributed by atoms with Crippen molar-refractivity contribution in [3.05, 3.63) is 97.0 Å². The first-order valence-electron chi connectivity index (χ1n) is 9.98. The third-order valence-corrected chi connectivity index (χ3v) is 5.64. The molecule has 0 aliphatic rings. The number of fused-ring (bicyclic) bond motifs is 4. The zero-order valence-electron chi connectivity index (χ0n) is 16.4. The third-order valence-electron chi connectivity index (χ3n) is 5.64. The van der Waals surface area contributed by atoms with Gasteiger partial charge < -0.3 is 0 Å². The van der Waals surface area contributed by atoms with E-state index < -0.39 is 0 Å². The fourth-order valence-corrected chi connectivity index (χ4v) is 4.30. The molecule has 0 aliphatic heterocycles. The average Bonchev–Trinajstić information content (AvgIpc) is 3.15. The highest BCUT2D eigenvalue weighted by Crippen LogP contribution is 2.39. The van der Waals surface area contributed by atoms with Gasteiger partial charge in [0.2, 0.25) is 0 Å². The second kappa shape index (κ2) is 6.49. The molecule has 4 nitrogen and oxygen atoms in total. The van der Waals surface area contributed by atoms with E-state index in [9.17, 15) is 0 Å². The first-order valence-corrected chi connectivity index (χ1v) is 9.98. The van der Waals surface area contributed by atoms with Crippen LogP contribution in [0.15, 0.2) is 91.3 Å². The summed E-state index contributed by atoms with van der Waals surface area (Å²) in [5, 5.41) is 9.42. The van der Waals surface area contributed by atoms with Crippen LogP contribution in [-0.4, -0.2) is 19.7 Å². The number of aryl methyl sites for hydroxylation is 1. The van der Waals surface area contributed by atoms with Gasteiger partial charge in [-0.2, -0.15) is 5.10 Å². The van der Waals surface area contributed by atoms with E-state index in [-0.39, 0.29) is 0 Å². The van der Waals surface area contributed by atoms with Gasteiger partial charge in [0.1, 0.15) is 0 Å². The highest BCUT2D eigenvalue weighted by atomic mass is 15.3. The molecule has 0 fully saturated rings. The van der Waals surface area contributed by atoms with Gasteiger partial charge in [0, 0.05) is 28.7 Å². The molecule has 6 aromatic rings. The Hall–Kier alpha value is -4.05. The molecule has 0 aliphatic carbocycles. The van der Waals surface area contributed by atoms with Crippen LogP contribution in [0.25, 0.3) is 49.5 Å². The summed E-state index contributed by atoms with van der Waals surface area (Å²) in [6.07, 6.45) is 3.68. The highest BCUT2D eigenvalue weighted by molar-refractivity contribution is 6.17. The van der Waals surface area contributed by atoms with Gasteiger partial charge >= 0.3 is 0 Å². The quantitative estimate of drug-likeness (QED) is 0.338. The van der Waals surface area contributed by atoms with Crippen LogP contribution >= 0.6 is 0 Å². The van der Waals surface area contributed by atoms with Crippen LogP contribution in [0.5, 0.6) is 0 Å². The summed E-state index contributed by atoms with van der Waals surface area (Å²) < 4.78 is 1.95. The SMILES string of the molecule is Cc1nn(-c2ccccc2)c2nc3c(ccc4ccccc43)c(-c3ccncc3)c12. The number of nitrogens with zero attached hydrogens (tertiary/aromatic N) is 4. The fourth-order valence-electron chi connectivity index (χ4n) is 4.30. The Labute approximate surface area is 173 Å². The van der Waals surface area contributed by atoms with Crippen molar-refractivity contribution in [2.45, 2.75) is 6.92 Å². The van der Waals surface area contributed by atoms with E-state index >= 15 is 0 Å². The van der Waals surface area contributed by atoms with Crippen LogP contribution in [0.4, 0.5) is 0 Å². The molecule has 4 heteroatoms. The molecule has 0 saturated heterocycles. The second-order valence-electron chi connectivity index (χ2n) is 7.44. The van der Waals surface area contributed by atoms with Gasteiger partial charge in [0.25, 0.3) is 0 Å². The van der Waals surface area contributed by atoms with Crippen molar-refractivity contribution in [3.63, 3.8) is 0 Å². The van der Waals surface area contributed by atoms with Crippen LogP contribution in [0.2, 0.25) is 0 Å². The first-order chi connectivity index (χ1) is 14.8. The zero-order valence-corrected chi connectivity index (χ0v) is 16.4. The van der Waals surface area contributed by atoms with Gasteiger partial charge in [-0.05, 0) is 42.1 Å². The van der Waals surface area contributed by atoms with Crippen molar-refractivity contribution in [1.29, 1.82) is 0 Å². The first kappa shape index (κ1) is 16.9. The van der Waals surface area contributed by atoms with E-state index in [1.807, 2.05) is 35.3 Å². The predicted molar refractivity (Wildman–Crippen MR) is 122 cm³/mol. The summed E-state index contributed by atoms with van der Waals surface area (Å²) in [6.45, 7) is 2.06. The predicted octanol–water partition coefficient (Wildman–Crippen LogP) is 6.10. The van der Waals surface area contributed by atoms with Crippen molar-refractivity contribution in [2.75, 3.05) is 0 Å². The van der Waals surface area contributed by atoms with Crippen LogP contribution < -0.4 is 0 Å². The Morgan fingerprint density at radius 2 is 1.50 bits per heavy atom. The molecule has 3 aromatic heterocycles. The van der Waals surface area contributed by atoms with Gasteiger partial charge in [0.15, 0.2) is 5.65 Å². The van der Waals surface area contributed by atoms with Crippen LogP contribution in [0.3, 0.4) is 0 Å². The van der Waals surface area contributed by atoms with E-state index in [2.05, 4.69) is 72.6 Å².